The Kier molecular flexibility index (Phi) is 4.45. The number of carbonyl (C=O) groups excluding carboxylic acids is 2. The summed E-state index contributed by atoms with van der Waals surface area (Å²) in [6, 6.07) is 5.13. The summed E-state index contributed by atoms with van der Waals surface area (Å²) in [5, 5.41) is 12.9. The maximum Gasteiger partial charge on any atom is 0.412 e. The summed E-state index contributed by atoms with van der Waals surface area (Å²) in [4.78, 5) is 24.3. The topological polar surface area (TPSA) is 117 Å². The van der Waals surface area contributed by atoms with Crippen LogP contribution < -0.4 is 20.1 Å². The van der Waals surface area contributed by atoms with E-state index in [0.717, 1.165) is 4.80 Å². The first-order valence-electron chi connectivity index (χ1n) is 7.08. The number of hydrogen-bond acceptors (Lipinski definition) is 7. The number of carbonyl (C=O) groups is 2. The number of nitrogens with zero attached hydrogens (tertiary/aromatic N) is 3. The molecule has 0 radical (unpaired) electrons. The molecule has 1 aliphatic heterocycles. The van der Waals surface area contributed by atoms with E-state index in [4.69, 9.17) is 9.47 Å². The molecule has 0 fully saturated rings. The number of hydrogen-bond donors (Lipinski definition) is 2. The van der Waals surface area contributed by atoms with Crippen LogP contribution in [0.5, 0.6) is 11.5 Å². The minimum absolute atomic E-state index is 0.114. The molecule has 10 heteroatoms. The summed E-state index contributed by atoms with van der Waals surface area (Å²) < 4.78 is 15.3. The van der Waals surface area contributed by atoms with Crippen molar-refractivity contribution in [1.29, 1.82) is 0 Å². The summed E-state index contributed by atoms with van der Waals surface area (Å²) in [7, 11) is 1.24. The van der Waals surface area contributed by atoms with Gasteiger partial charge in [0.05, 0.1) is 13.3 Å². The van der Waals surface area contributed by atoms with Crippen LogP contribution in [-0.4, -0.2) is 47.3 Å². The maximum absolute atomic E-state index is 12.0. The third kappa shape index (κ3) is 3.72. The van der Waals surface area contributed by atoms with Crippen LogP contribution in [0.15, 0.2) is 24.4 Å². The molecule has 0 unspecified atom stereocenters. The Labute approximate surface area is 136 Å². The van der Waals surface area contributed by atoms with Gasteiger partial charge >= 0.3 is 6.09 Å². The van der Waals surface area contributed by atoms with Crippen LogP contribution in [0.2, 0.25) is 0 Å². The average molecular weight is 333 g/mol. The number of nitrogens with one attached hydrogen (secondary N) is 2. The minimum atomic E-state index is -0.664. The van der Waals surface area contributed by atoms with E-state index >= 15 is 0 Å². The van der Waals surface area contributed by atoms with Crippen LogP contribution in [-0.2, 0) is 16.1 Å². The summed E-state index contributed by atoms with van der Waals surface area (Å²) in [5.41, 5.74) is 0.573. The first-order chi connectivity index (χ1) is 11.6. The monoisotopic (exact) mass is 333 g/mol. The molecule has 0 atom stereocenters. The highest BCUT2D eigenvalue weighted by Crippen LogP contribution is 2.32. The molecule has 0 saturated heterocycles. The van der Waals surface area contributed by atoms with E-state index in [2.05, 4.69) is 25.6 Å². The van der Waals surface area contributed by atoms with Crippen molar-refractivity contribution >= 4 is 23.5 Å². The van der Waals surface area contributed by atoms with Gasteiger partial charge in [0.2, 0.25) is 5.91 Å². The first-order valence-corrected chi connectivity index (χ1v) is 7.08. The van der Waals surface area contributed by atoms with E-state index in [1.807, 2.05) is 0 Å². The van der Waals surface area contributed by atoms with Gasteiger partial charge in [-0.2, -0.15) is 9.90 Å². The lowest BCUT2D eigenvalue weighted by atomic mass is 10.2. The molecule has 2 aromatic rings. The zero-order valence-corrected chi connectivity index (χ0v) is 12.8. The summed E-state index contributed by atoms with van der Waals surface area (Å²) in [6.07, 6.45) is 0.650. The highest BCUT2D eigenvalue weighted by molar-refractivity contribution is 5.90. The smallest absolute Gasteiger partial charge is 0.412 e. The molecule has 0 bridgehead atoms. The number of aromatic nitrogens is 3. The Balaban J connectivity index is 1.58. The van der Waals surface area contributed by atoms with Crippen LogP contribution >= 0.6 is 0 Å². The maximum atomic E-state index is 12.0. The molecular formula is C14H15N5O5. The predicted molar refractivity (Wildman–Crippen MR) is 82.1 cm³/mol. The van der Waals surface area contributed by atoms with Gasteiger partial charge < -0.3 is 19.5 Å². The standard InChI is InChI=1S/C14H15N5O5/c1-22-14(21)17-12-7-15-19(18-12)8-13(20)16-9-2-3-10-11(6-9)24-5-4-23-10/h2-3,6-7H,4-5,8H2,1H3,(H,16,20)(H,17,18,21). The number of fused-ring (bicyclic) bond motifs is 1. The molecule has 10 nitrogen and oxygen atoms in total. The molecule has 3 rings (SSSR count). The van der Waals surface area contributed by atoms with Gasteiger partial charge in [0.1, 0.15) is 19.8 Å². The Morgan fingerprint density at radius 1 is 1.25 bits per heavy atom. The van der Waals surface area contributed by atoms with Gasteiger partial charge in [-0.15, -0.1) is 5.10 Å². The Morgan fingerprint density at radius 3 is 2.83 bits per heavy atom. The highest BCUT2D eigenvalue weighted by atomic mass is 16.6. The van der Waals surface area contributed by atoms with E-state index in [1.165, 1.54) is 13.3 Å². The number of ether oxygens (including phenoxy) is 3. The van der Waals surface area contributed by atoms with Gasteiger partial charge in [0.25, 0.3) is 0 Å². The summed E-state index contributed by atoms with van der Waals surface area (Å²) >= 11 is 0. The molecule has 1 aromatic carbocycles. The summed E-state index contributed by atoms with van der Waals surface area (Å²) in [6.45, 7) is 0.862. The van der Waals surface area contributed by atoms with Crippen LogP contribution in [0, 0.1) is 0 Å². The molecule has 0 spiro atoms. The fourth-order valence-electron chi connectivity index (χ4n) is 2.04. The SMILES string of the molecule is COC(=O)Nc1cnn(CC(=O)Nc2ccc3c(c2)OCCO3)n1. The number of anilines is 2. The van der Waals surface area contributed by atoms with Crippen molar-refractivity contribution < 1.29 is 23.8 Å². The lowest BCUT2D eigenvalue weighted by Crippen LogP contribution is -2.21. The van der Waals surface area contributed by atoms with Crippen molar-refractivity contribution in [3.63, 3.8) is 0 Å². The molecule has 2 heterocycles. The zero-order chi connectivity index (χ0) is 16.9. The van der Waals surface area contributed by atoms with E-state index in [9.17, 15) is 9.59 Å². The van der Waals surface area contributed by atoms with E-state index in [-0.39, 0.29) is 18.3 Å². The highest BCUT2D eigenvalue weighted by Gasteiger charge is 2.13. The molecule has 2 amide bonds. The number of amides is 2. The van der Waals surface area contributed by atoms with Crippen molar-refractivity contribution in [3.05, 3.63) is 24.4 Å². The molecule has 0 aliphatic carbocycles. The lowest BCUT2D eigenvalue weighted by Gasteiger charge is -2.18. The van der Waals surface area contributed by atoms with Crippen molar-refractivity contribution in [3.8, 4) is 11.5 Å². The van der Waals surface area contributed by atoms with Crippen molar-refractivity contribution in [2.24, 2.45) is 0 Å². The lowest BCUT2D eigenvalue weighted by molar-refractivity contribution is -0.117. The predicted octanol–water partition coefficient (Wildman–Crippen LogP) is 0.866. The van der Waals surface area contributed by atoms with E-state index in [0.29, 0.717) is 30.4 Å². The molecule has 126 valence electrons. The van der Waals surface area contributed by atoms with Gasteiger partial charge in [0, 0.05) is 11.8 Å². The number of methoxy groups -OCH3 is 1. The second-order valence-electron chi connectivity index (χ2n) is 4.78. The quantitative estimate of drug-likeness (QED) is 0.852. The molecular weight excluding hydrogens is 318 g/mol. The average Bonchev–Trinajstić information content (AvgIpc) is 3.01. The van der Waals surface area contributed by atoms with Gasteiger partial charge in [-0.3, -0.25) is 10.1 Å². The van der Waals surface area contributed by atoms with Gasteiger partial charge in [0.15, 0.2) is 17.3 Å². The van der Waals surface area contributed by atoms with Crippen molar-refractivity contribution in [2.45, 2.75) is 6.54 Å². The largest absolute Gasteiger partial charge is 0.486 e. The van der Waals surface area contributed by atoms with Crippen molar-refractivity contribution in [1.82, 2.24) is 15.0 Å². The third-order valence-corrected chi connectivity index (χ3v) is 3.06. The third-order valence-electron chi connectivity index (χ3n) is 3.06. The van der Waals surface area contributed by atoms with Gasteiger partial charge in [-0.05, 0) is 12.1 Å². The summed E-state index contributed by atoms with van der Waals surface area (Å²) in [5.74, 6) is 1.09. The van der Waals surface area contributed by atoms with Crippen LogP contribution in [0.25, 0.3) is 0 Å². The minimum Gasteiger partial charge on any atom is -0.486 e. The van der Waals surface area contributed by atoms with E-state index in [1.54, 1.807) is 18.2 Å². The fraction of sp³-hybridized carbons (Fsp3) is 0.286. The van der Waals surface area contributed by atoms with Crippen LogP contribution in [0.3, 0.4) is 0 Å². The van der Waals surface area contributed by atoms with Crippen molar-refractivity contribution in [2.75, 3.05) is 31.0 Å². The van der Waals surface area contributed by atoms with Gasteiger partial charge in [-0.1, -0.05) is 0 Å². The number of benzene rings is 1. The zero-order valence-electron chi connectivity index (χ0n) is 12.8. The van der Waals surface area contributed by atoms with E-state index < -0.39 is 6.09 Å². The molecule has 1 aromatic heterocycles. The molecule has 2 N–H and O–H groups in total. The molecule has 24 heavy (non-hydrogen) atoms. The first kappa shape index (κ1) is 15.6. The molecule has 1 aliphatic rings. The molecule has 0 saturated carbocycles. The Hall–Kier alpha value is -3.30. The van der Waals surface area contributed by atoms with Crippen LogP contribution in [0.4, 0.5) is 16.3 Å². The van der Waals surface area contributed by atoms with Crippen LogP contribution in [0.1, 0.15) is 0 Å². The second kappa shape index (κ2) is 6.86. The fourth-order valence-corrected chi connectivity index (χ4v) is 2.04. The Morgan fingerprint density at radius 2 is 2.04 bits per heavy atom. The Bertz CT molecular complexity index is 760. The second-order valence-corrected chi connectivity index (χ2v) is 4.78. The van der Waals surface area contributed by atoms with Gasteiger partial charge in [-0.25, -0.2) is 4.79 Å². The normalized spacial score (nSPS) is 12.4. The number of rotatable bonds is 4.